The first-order valence-corrected chi connectivity index (χ1v) is 8.15. The van der Waals surface area contributed by atoms with E-state index in [1.807, 2.05) is 13.8 Å². The quantitative estimate of drug-likeness (QED) is 0.760. The molecule has 0 saturated carbocycles. The van der Waals surface area contributed by atoms with Crippen LogP contribution in [0.25, 0.3) is 11.1 Å². The van der Waals surface area contributed by atoms with Crippen molar-refractivity contribution in [3.8, 4) is 0 Å². The molecule has 0 unspecified atom stereocenters. The maximum Gasteiger partial charge on any atom is 0.181 e. The van der Waals surface area contributed by atoms with E-state index in [9.17, 15) is 13.9 Å². The normalized spacial score (nSPS) is 11.0. The molecule has 26 heavy (non-hydrogen) atoms. The smallest absolute Gasteiger partial charge is 0.181 e. The van der Waals surface area contributed by atoms with Gasteiger partial charge in [-0.3, -0.25) is 0 Å². The van der Waals surface area contributed by atoms with Gasteiger partial charge in [0.15, 0.2) is 5.82 Å². The number of halogens is 2. The van der Waals surface area contributed by atoms with E-state index in [1.54, 1.807) is 28.9 Å². The summed E-state index contributed by atoms with van der Waals surface area (Å²) in [5.41, 5.74) is 2.42. The van der Waals surface area contributed by atoms with E-state index in [0.717, 1.165) is 0 Å². The fourth-order valence-corrected chi connectivity index (χ4v) is 2.75. The summed E-state index contributed by atoms with van der Waals surface area (Å²) in [5, 5.41) is 21.8. The molecule has 7 heteroatoms. The Hall–Kier alpha value is -2.93. The molecule has 0 spiro atoms. The summed E-state index contributed by atoms with van der Waals surface area (Å²) in [6.07, 6.45) is 0. The van der Waals surface area contributed by atoms with Crippen molar-refractivity contribution in [1.82, 2.24) is 20.2 Å². The van der Waals surface area contributed by atoms with Gasteiger partial charge >= 0.3 is 0 Å². The first kappa shape index (κ1) is 17.9. The Labute approximate surface area is 149 Å². The molecule has 0 aliphatic carbocycles. The summed E-state index contributed by atoms with van der Waals surface area (Å²) in [6.45, 7) is 3.51. The highest BCUT2D eigenvalue weighted by Gasteiger charge is 2.20. The van der Waals surface area contributed by atoms with Crippen LogP contribution in [-0.2, 0) is 0 Å². The van der Waals surface area contributed by atoms with Crippen LogP contribution >= 0.6 is 0 Å². The number of aliphatic hydroxyl groups is 1. The molecular weight excluding hydrogens is 338 g/mol. The van der Waals surface area contributed by atoms with E-state index in [4.69, 9.17) is 0 Å². The highest BCUT2D eigenvalue weighted by molar-refractivity contribution is 5.97. The van der Waals surface area contributed by atoms with E-state index in [-0.39, 0.29) is 24.3 Å². The SMILES string of the molecule is CC(C)n1nnnc1C(CO)=C(c1ccc(F)cc1)c1ccc(F)cc1. The van der Waals surface area contributed by atoms with E-state index in [1.165, 1.54) is 24.3 Å². The molecule has 0 aliphatic rings. The molecule has 0 fully saturated rings. The molecule has 134 valence electrons. The maximum atomic E-state index is 13.4. The van der Waals surface area contributed by atoms with Crippen molar-refractivity contribution < 1.29 is 13.9 Å². The molecule has 0 radical (unpaired) electrons. The van der Waals surface area contributed by atoms with Crippen molar-refractivity contribution in [2.24, 2.45) is 0 Å². The first-order chi connectivity index (χ1) is 12.5. The summed E-state index contributed by atoms with van der Waals surface area (Å²) in [5.74, 6) is -0.333. The molecule has 0 saturated heterocycles. The van der Waals surface area contributed by atoms with Gasteiger partial charge in [0.05, 0.1) is 12.6 Å². The van der Waals surface area contributed by atoms with Crippen LogP contribution in [0, 0.1) is 11.6 Å². The topological polar surface area (TPSA) is 63.8 Å². The number of hydrogen-bond donors (Lipinski definition) is 1. The fourth-order valence-electron chi connectivity index (χ4n) is 2.75. The van der Waals surface area contributed by atoms with E-state index in [2.05, 4.69) is 15.5 Å². The van der Waals surface area contributed by atoms with Crippen LogP contribution in [0.15, 0.2) is 48.5 Å². The Morgan fingerprint density at radius 2 is 1.46 bits per heavy atom. The molecule has 1 heterocycles. The Balaban J connectivity index is 2.29. The summed E-state index contributed by atoms with van der Waals surface area (Å²) < 4.78 is 28.4. The lowest BCUT2D eigenvalue weighted by molar-refractivity contribution is 0.348. The number of benzene rings is 2. The largest absolute Gasteiger partial charge is 0.392 e. The molecule has 1 N–H and O–H groups in total. The minimum absolute atomic E-state index is 0.0239. The van der Waals surface area contributed by atoms with Crippen molar-refractivity contribution in [1.29, 1.82) is 0 Å². The number of hydrogen-bond acceptors (Lipinski definition) is 4. The van der Waals surface area contributed by atoms with E-state index in [0.29, 0.717) is 28.1 Å². The van der Waals surface area contributed by atoms with Crippen LogP contribution in [0.5, 0.6) is 0 Å². The molecule has 2 aromatic carbocycles. The summed E-state index contributed by atoms with van der Waals surface area (Å²) >= 11 is 0. The highest BCUT2D eigenvalue weighted by Crippen LogP contribution is 2.32. The van der Waals surface area contributed by atoms with Gasteiger partial charge in [0.2, 0.25) is 0 Å². The van der Waals surface area contributed by atoms with Crippen molar-refractivity contribution in [2.75, 3.05) is 6.61 Å². The van der Waals surface area contributed by atoms with Gasteiger partial charge in [-0.25, -0.2) is 13.5 Å². The van der Waals surface area contributed by atoms with Gasteiger partial charge in [-0.2, -0.15) is 0 Å². The average Bonchev–Trinajstić information content (AvgIpc) is 3.11. The molecule has 0 aliphatic heterocycles. The lowest BCUT2D eigenvalue weighted by Crippen LogP contribution is -2.11. The van der Waals surface area contributed by atoms with Crippen molar-refractivity contribution in [2.45, 2.75) is 19.9 Å². The number of aliphatic hydroxyl groups excluding tert-OH is 1. The van der Waals surface area contributed by atoms with Crippen molar-refractivity contribution in [3.05, 3.63) is 77.1 Å². The minimum Gasteiger partial charge on any atom is -0.392 e. The molecular formula is C19H18F2N4O. The van der Waals surface area contributed by atoms with E-state index < -0.39 is 0 Å². The van der Waals surface area contributed by atoms with Crippen LogP contribution in [0.4, 0.5) is 8.78 Å². The lowest BCUT2D eigenvalue weighted by atomic mass is 9.92. The molecule has 3 rings (SSSR count). The molecule has 5 nitrogen and oxygen atoms in total. The molecule has 0 atom stereocenters. The monoisotopic (exact) mass is 356 g/mol. The number of tetrazole rings is 1. The summed E-state index contributed by atoms with van der Waals surface area (Å²) in [6, 6.07) is 11.7. The van der Waals surface area contributed by atoms with Gasteiger partial charge in [0.25, 0.3) is 0 Å². The summed E-state index contributed by atoms with van der Waals surface area (Å²) in [7, 11) is 0. The second kappa shape index (κ2) is 7.53. The van der Waals surface area contributed by atoms with Gasteiger partial charge in [-0.15, -0.1) is 5.10 Å². The van der Waals surface area contributed by atoms with Gasteiger partial charge in [0.1, 0.15) is 11.6 Å². The van der Waals surface area contributed by atoms with Crippen LogP contribution in [0.3, 0.4) is 0 Å². The third kappa shape index (κ3) is 3.52. The Bertz CT molecular complexity index is 868. The second-order valence-electron chi connectivity index (χ2n) is 6.07. The maximum absolute atomic E-state index is 13.4. The summed E-state index contributed by atoms with van der Waals surface area (Å²) in [4.78, 5) is 0. The second-order valence-corrected chi connectivity index (χ2v) is 6.07. The van der Waals surface area contributed by atoms with Crippen LogP contribution < -0.4 is 0 Å². The van der Waals surface area contributed by atoms with Gasteiger partial charge in [-0.1, -0.05) is 24.3 Å². The standard InChI is InChI=1S/C19H18F2N4O/c1-12(2)25-19(22-23-24-25)17(11-26)18(13-3-7-15(20)8-4-13)14-5-9-16(21)10-6-14/h3-10,12,26H,11H2,1-2H3. The first-order valence-electron chi connectivity index (χ1n) is 8.15. The molecule has 0 bridgehead atoms. The zero-order chi connectivity index (χ0) is 18.7. The number of nitrogens with zero attached hydrogens (tertiary/aromatic N) is 4. The van der Waals surface area contributed by atoms with Crippen LogP contribution in [0.1, 0.15) is 36.8 Å². The van der Waals surface area contributed by atoms with Gasteiger partial charge in [0, 0.05) is 5.57 Å². The number of aromatic nitrogens is 4. The Morgan fingerprint density at radius 1 is 0.962 bits per heavy atom. The third-order valence-electron chi connectivity index (χ3n) is 3.98. The zero-order valence-electron chi connectivity index (χ0n) is 14.4. The third-order valence-corrected chi connectivity index (χ3v) is 3.98. The zero-order valence-corrected chi connectivity index (χ0v) is 14.4. The highest BCUT2D eigenvalue weighted by atomic mass is 19.1. The average molecular weight is 356 g/mol. The molecule has 3 aromatic rings. The predicted octanol–water partition coefficient (Wildman–Crippen LogP) is 3.48. The van der Waals surface area contributed by atoms with Gasteiger partial charge in [-0.05, 0) is 65.2 Å². The van der Waals surface area contributed by atoms with Gasteiger partial charge < -0.3 is 5.11 Å². The van der Waals surface area contributed by atoms with E-state index >= 15 is 0 Å². The molecule has 1 aromatic heterocycles. The van der Waals surface area contributed by atoms with Crippen LogP contribution in [-0.4, -0.2) is 31.9 Å². The predicted molar refractivity (Wildman–Crippen MR) is 94.0 cm³/mol. The Kier molecular flexibility index (Phi) is 5.18. The van der Waals surface area contributed by atoms with Crippen molar-refractivity contribution in [3.63, 3.8) is 0 Å². The minimum atomic E-state index is -0.371. The van der Waals surface area contributed by atoms with Crippen molar-refractivity contribution >= 4 is 11.1 Å². The number of rotatable bonds is 5. The Morgan fingerprint density at radius 3 is 1.88 bits per heavy atom. The molecule has 0 amide bonds. The lowest BCUT2D eigenvalue weighted by Gasteiger charge is -2.16. The fraction of sp³-hybridized carbons (Fsp3) is 0.211. The van der Waals surface area contributed by atoms with Crippen LogP contribution in [0.2, 0.25) is 0 Å².